The van der Waals surface area contributed by atoms with Gasteiger partial charge < -0.3 is 9.88 Å². The summed E-state index contributed by atoms with van der Waals surface area (Å²) in [6.45, 7) is 1.48. The van der Waals surface area contributed by atoms with Crippen molar-refractivity contribution in [2.45, 2.75) is 20.0 Å². The monoisotopic (exact) mass is 436 g/mol. The van der Waals surface area contributed by atoms with Crippen LogP contribution in [0.4, 0.5) is 14.6 Å². The van der Waals surface area contributed by atoms with Crippen molar-refractivity contribution in [1.29, 1.82) is 0 Å². The van der Waals surface area contributed by atoms with Crippen LogP contribution in [0.25, 0.3) is 0 Å². The number of rotatable bonds is 5. The van der Waals surface area contributed by atoms with Crippen molar-refractivity contribution in [3.05, 3.63) is 80.3 Å². The van der Waals surface area contributed by atoms with Gasteiger partial charge in [0.15, 0.2) is 0 Å². The summed E-state index contributed by atoms with van der Waals surface area (Å²) < 4.78 is 30.6. The number of hydrogen-bond acceptors (Lipinski definition) is 3. The zero-order valence-corrected chi connectivity index (χ0v) is 15.8. The minimum absolute atomic E-state index is 0.0517. The Labute approximate surface area is 161 Å². The van der Waals surface area contributed by atoms with E-state index >= 15 is 0 Å². The van der Waals surface area contributed by atoms with E-state index < -0.39 is 17.5 Å². The lowest BCUT2D eigenvalue weighted by Crippen LogP contribution is -2.27. The van der Waals surface area contributed by atoms with Crippen molar-refractivity contribution in [3.8, 4) is 0 Å². The molecule has 0 spiro atoms. The van der Waals surface area contributed by atoms with Crippen molar-refractivity contribution >= 4 is 27.7 Å². The van der Waals surface area contributed by atoms with Gasteiger partial charge in [-0.3, -0.25) is 9.59 Å². The molecular weight excluding hydrogens is 422 g/mol. The summed E-state index contributed by atoms with van der Waals surface area (Å²) >= 11 is 3.25. The van der Waals surface area contributed by atoms with E-state index in [4.69, 9.17) is 0 Å². The number of benzene rings is 1. The third-order valence-corrected chi connectivity index (χ3v) is 4.34. The maximum absolute atomic E-state index is 13.9. The minimum atomic E-state index is -0.567. The van der Waals surface area contributed by atoms with Crippen LogP contribution < -0.4 is 10.9 Å². The van der Waals surface area contributed by atoms with Gasteiger partial charge in [0.05, 0.1) is 12.7 Å². The first-order valence-corrected chi connectivity index (χ1v) is 8.75. The fraction of sp³-hybridized carbons (Fsp3) is 0.167. The molecule has 0 aliphatic heterocycles. The summed E-state index contributed by atoms with van der Waals surface area (Å²) in [6.07, 6.45) is 3.02. The number of nitrogens with zero attached hydrogens (tertiary/aromatic N) is 3. The van der Waals surface area contributed by atoms with Gasteiger partial charge in [-0.05, 0) is 47.1 Å². The Morgan fingerprint density at radius 2 is 2.04 bits per heavy atom. The lowest BCUT2D eigenvalue weighted by molar-refractivity contribution is -0.116. The Bertz CT molecular complexity index is 1060. The van der Waals surface area contributed by atoms with E-state index in [1.54, 1.807) is 13.0 Å². The highest BCUT2D eigenvalue weighted by Crippen LogP contribution is 2.18. The zero-order chi connectivity index (χ0) is 19.6. The molecule has 0 aliphatic carbocycles. The highest BCUT2D eigenvalue weighted by molar-refractivity contribution is 9.10. The van der Waals surface area contributed by atoms with Crippen molar-refractivity contribution in [1.82, 2.24) is 14.3 Å². The van der Waals surface area contributed by atoms with Gasteiger partial charge in [0.25, 0.3) is 5.56 Å². The SMILES string of the molecule is Cc1cnn(Cc2cc(F)ccc2F)c1NC(=O)Cn1cc(Br)ccc1=O. The van der Waals surface area contributed by atoms with Gasteiger partial charge in [0.1, 0.15) is 24.0 Å². The first-order chi connectivity index (χ1) is 12.8. The molecule has 0 aliphatic rings. The van der Waals surface area contributed by atoms with E-state index in [0.29, 0.717) is 15.9 Å². The second kappa shape index (κ2) is 7.83. The van der Waals surface area contributed by atoms with Gasteiger partial charge in [-0.2, -0.15) is 5.10 Å². The molecule has 0 atom stereocenters. The normalized spacial score (nSPS) is 10.8. The third kappa shape index (κ3) is 4.48. The Morgan fingerprint density at radius 1 is 1.26 bits per heavy atom. The topological polar surface area (TPSA) is 68.9 Å². The molecule has 0 saturated heterocycles. The van der Waals surface area contributed by atoms with E-state index in [1.165, 1.54) is 27.7 Å². The highest BCUT2D eigenvalue weighted by atomic mass is 79.9. The van der Waals surface area contributed by atoms with Crippen LogP contribution in [0.3, 0.4) is 0 Å². The Balaban J connectivity index is 1.80. The molecule has 0 fully saturated rings. The van der Waals surface area contributed by atoms with E-state index in [9.17, 15) is 18.4 Å². The predicted octanol–water partition coefficient (Wildman–Crippen LogP) is 3.08. The van der Waals surface area contributed by atoms with E-state index in [2.05, 4.69) is 26.3 Å². The molecule has 9 heteroatoms. The summed E-state index contributed by atoms with van der Waals surface area (Å²) in [7, 11) is 0. The lowest BCUT2D eigenvalue weighted by Gasteiger charge is -2.12. The van der Waals surface area contributed by atoms with Crippen molar-refractivity contribution in [2.24, 2.45) is 0 Å². The molecule has 2 aromatic heterocycles. The summed E-state index contributed by atoms with van der Waals surface area (Å²) in [5.41, 5.74) is 0.443. The smallest absolute Gasteiger partial charge is 0.251 e. The van der Waals surface area contributed by atoms with Crippen LogP contribution in [-0.4, -0.2) is 20.3 Å². The average molecular weight is 437 g/mol. The largest absolute Gasteiger partial charge is 0.309 e. The number of carbonyl (C=O) groups is 1. The number of carbonyl (C=O) groups excluding carboxylic acids is 1. The zero-order valence-electron chi connectivity index (χ0n) is 14.2. The Hall–Kier alpha value is -2.81. The van der Waals surface area contributed by atoms with Crippen molar-refractivity contribution < 1.29 is 13.6 Å². The molecule has 3 aromatic rings. The molecule has 1 N–H and O–H groups in total. The maximum atomic E-state index is 13.9. The number of aryl methyl sites for hydroxylation is 1. The number of pyridine rings is 1. The van der Waals surface area contributed by atoms with E-state index in [-0.39, 0.29) is 24.2 Å². The number of hydrogen-bond donors (Lipinski definition) is 1. The van der Waals surface area contributed by atoms with Crippen molar-refractivity contribution in [2.75, 3.05) is 5.32 Å². The minimum Gasteiger partial charge on any atom is -0.309 e. The quantitative estimate of drug-likeness (QED) is 0.667. The van der Waals surface area contributed by atoms with E-state index in [1.807, 2.05) is 0 Å². The van der Waals surface area contributed by atoms with Crippen LogP contribution in [0.2, 0.25) is 0 Å². The fourth-order valence-corrected chi connectivity index (χ4v) is 2.92. The fourth-order valence-electron chi connectivity index (χ4n) is 2.54. The van der Waals surface area contributed by atoms with Crippen LogP contribution in [0.15, 0.2) is 52.0 Å². The summed E-state index contributed by atoms with van der Waals surface area (Å²) in [5, 5.41) is 6.79. The number of anilines is 1. The number of amides is 1. The van der Waals surface area contributed by atoms with Gasteiger partial charge in [-0.15, -0.1) is 0 Å². The summed E-state index contributed by atoms with van der Waals surface area (Å²) in [5.74, 6) is -1.22. The molecule has 0 radical (unpaired) electrons. The molecule has 0 unspecified atom stereocenters. The molecule has 2 heterocycles. The van der Waals surface area contributed by atoms with E-state index in [0.717, 1.165) is 18.2 Å². The Kier molecular flexibility index (Phi) is 5.50. The molecule has 0 bridgehead atoms. The Morgan fingerprint density at radius 3 is 2.81 bits per heavy atom. The molecule has 140 valence electrons. The molecule has 0 saturated carbocycles. The van der Waals surface area contributed by atoms with Gasteiger partial charge in [0.2, 0.25) is 5.91 Å². The molecular formula is C18H15BrF2N4O2. The molecule has 27 heavy (non-hydrogen) atoms. The van der Waals surface area contributed by atoms with Crippen molar-refractivity contribution in [3.63, 3.8) is 0 Å². The first kappa shape index (κ1) is 19.0. The molecule has 1 aromatic carbocycles. The highest BCUT2D eigenvalue weighted by Gasteiger charge is 2.14. The predicted molar refractivity (Wildman–Crippen MR) is 99.5 cm³/mol. The lowest BCUT2D eigenvalue weighted by atomic mass is 10.2. The van der Waals surface area contributed by atoms with Gasteiger partial charge in [-0.1, -0.05) is 0 Å². The van der Waals surface area contributed by atoms with Crippen LogP contribution in [-0.2, 0) is 17.9 Å². The van der Waals surface area contributed by atoms with Gasteiger partial charge >= 0.3 is 0 Å². The average Bonchev–Trinajstić information content (AvgIpc) is 2.94. The second-order valence-electron chi connectivity index (χ2n) is 5.93. The molecule has 3 rings (SSSR count). The maximum Gasteiger partial charge on any atom is 0.251 e. The third-order valence-electron chi connectivity index (χ3n) is 3.87. The standard InChI is InChI=1S/C18H15BrF2N4O2/c1-11-7-22-25(8-12-6-14(20)3-4-15(12)21)18(11)23-16(26)10-24-9-13(19)2-5-17(24)27/h2-7,9H,8,10H2,1H3,(H,23,26). The number of aromatic nitrogens is 3. The molecule has 6 nitrogen and oxygen atoms in total. The summed E-state index contributed by atoms with van der Waals surface area (Å²) in [6, 6.07) is 6.09. The van der Waals surface area contributed by atoms with Gasteiger partial charge in [-0.25, -0.2) is 13.5 Å². The number of nitrogens with one attached hydrogen (secondary N) is 1. The second-order valence-corrected chi connectivity index (χ2v) is 6.85. The van der Waals surface area contributed by atoms with Gasteiger partial charge in [0, 0.05) is 27.9 Å². The number of halogens is 3. The van der Waals surface area contributed by atoms with Crippen LogP contribution in [0, 0.1) is 18.6 Å². The van der Waals surface area contributed by atoms with Crippen LogP contribution in [0.5, 0.6) is 0 Å². The first-order valence-electron chi connectivity index (χ1n) is 7.95. The summed E-state index contributed by atoms with van der Waals surface area (Å²) in [4.78, 5) is 24.2. The van der Waals surface area contributed by atoms with Crippen LogP contribution >= 0.6 is 15.9 Å². The van der Waals surface area contributed by atoms with Crippen LogP contribution in [0.1, 0.15) is 11.1 Å². The molecule has 1 amide bonds.